The summed E-state index contributed by atoms with van der Waals surface area (Å²) < 4.78 is 4.97. The second-order valence-corrected chi connectivity index (χ2v) is 8.01. The Morgan fingerprint density at radius 3 is 2.53 bits per heavy atom. The van der Waals surface area contributed by atoms with Gasteiger partial charge in [-0.25, -0.2) is 0 Å². The number of benzene rings is 1. The average molecular weight is 423 g/mol. The predicted molar refractivity (Wildman–Crippen MR) is 114 cm³/mol. The van der Waals surface area contributed by atoms with Crippen LogP contribution in [-0.4, -0.2) is 41.8 Å². The molecule has 4 rings (SSSR count). The Morgan fingerprint density at radius 2 is 1.83 bits per heavy atom. The molecule has 1 aliphatic rings. The van der Waals surface area contributed by atoms with Gasteiger partial charge in [0.05, 0.1) is 16.7 Å². The van der Waals surface area contributed by atoms with Crippen LogP contribution in [0, 0.1) is 0 Å². The second-order valence-electron chi connectivity index (χ2n) is 7.06. The van der Waals surface area contributed by atoms with Crippen molar-refractivity contribution < 1.29 is 18.8 Å². The summed E-state index contributed by atoms with van der Waals surface area (Å²) in [6.45, 7) is 1.15. The van der Waals surface area contributed by atoms with E-state index >= 15 is 0 Å². The number of nitrogens with zero attached hydrogens (tertiary/aromatic N) is 1. The lowest BCUT2D eigenvalue weighted by Gasteiger charge is -2.32. The van der Waals surface area contributed by atoms with E-state index in [-0.39, 0.29) is 23.8 Å². The second kappa shape index (κ2) is 8.96. The van der Waals surface area contributed by atoms with Crippen molar-refractivity contribution in [3.05, 3.63) is 76.4 Å². The molecule has 3 heterocycles. The number of carbonyl (C=O) groups excluding carboxylic acids is 3. The van der Waals surface area contributed by atoms with Crippen LogP contribution in [0.2, 0.25) is 0 Å². The minimum atomic E-state index is -0.197. The zero-order valence-corrected chi connectivity index (χ0v) is 17.0. The van der Waals surface area contributed by atoms with E-state index in [1.165, 1.54) is 23.9 Å². The molecule has 0 spiro atoms. The maximum atomic E-state index is 12.7. The molecular weight excluding hydrogens is 402 g/mol. The van der Waals surface area contributed by atoms with E-state index in [2.05, 4.69) is 10.6 Å². The molecule has 2 aromatic heterocycles. The number of furan rings is 1. The van der Waals surface area contributed by atoms with E-state index in [0.717, 1.165) is 0 Å². The quantitative estimate of drug-likeness (QED) is 0.656. The SMILES string of the molecule is O=C(NC1CCN(C(=O)c2ccoc2)CC1)c1cccc(NC(=O)c2cccs2)c1. The van der Waals surface area contributed by atoms with E-state index in [0.29, 0.717) is 47.6 Å². The topological polar surface area (TPSA) is 91.7 Å². The molecule has 1 aliphatic heterocycles. The van der Waals surface area contributed by atoms with Gasteiger partial charge in [-0.3, -0.25) is 14.4 Å². The fourth-order valence-electron chi connectivity index (χ4n) is 3.40. The van der Waals surface area contributed by atoms with Crippen LogP contribution in [0.25, 0.3) is 0 Å². The Hall–Kier alpha value is -3.39. The van der Waals surface area contributed by atoms with Gasteiger partial charge >= 0.3 is 0 Å². The normalized spacial score (nSPS) is 14.3. The Morgan fingerprint density at radius 1 is 1.00 bits per heavy atom. The van der Waals surface area contributed by atoms with Crippen LogP contribution < -0.4 is 10.6 Å². The zero-order valence-electron chi connectivity index (χ0n) is 16.2. The Balaban J connectivity index is 1.31. The Kier molecular flexibility index (Phi) is 5.94. The van der Waals surface area contributed by atoms with Crippen LogP contribution in [0.1, 0.15) is 43.2 Å². The fraction of sp³-hybridized carbons (Fsp3) is 0.227. The van der Waals surface area contributed by atoms with Crippen molar-refractivity contribution in [3.63, 3.8) is 0 Å². The summed E-state index contributed by atoms with van der Waals surface area (Å²) in [5.41, 5.74) is 1.59. The molecule has 0 bridgehead atoms. The predicted octanol–water partition coefficient (Wildman–Crippen LogP) is 3.63. The minimum Gasteiger partial charge on any atom is -0.472 e. The first-order valence-corrected chi connectivity index (χ1v) is 10.6. The minimum absolute atomic E-state index is 0.00438. The summed E-state index contributed by atoms with van der Waals surface area (Å²) in [6, 6.07) is 12.1. The molecule has 0 saturated carbocycles. The average Bonchev–Trinajstić information content (AvgIpc) is 3.48. The molecule has 3 aromatic rings. The molecule has 3 amide bonds. The van der Waals surface area contributed by atoms with E-state index in [9.17, 15) is 14.4 Å². The van der Waals surface area contributed by atoms with Gasteiger partial charge in [-0.15, -0.1) is 11.3 Å². The summed E-state index contributed by atoms with van der Waals surface area (Å²) in [5.74, 6) is -0.443. The third-order valence-corrected chi connectivity index (χ3v) is 5.88. The number of rotatable bonds is 5. The van der Waals surface area contributed by atoms with E-state index < -0.39 is 0 Å². The van der Waals surface area contributed by atoms with Gasteiger partial charge < -0.3 is 20.0 Å². The number of thiophene rings is 1. The van der Waals surface area contributed by atoms with Gasteiger partial charge in [0.15, 0.2) is 0 Å². The molecule has 0 unspecified atom stereocenters. The number of anilines is 1. The lowest BCUT2D eigenvalue weighted by Crippen LogP contribution is -2.46. The molecular formula is C22H21N3O4S. The first-order chi connectivity index (χ1) is 14.6. The van der Waals surface area contributed by atoms with Gasteiger partial charge in [0, 0.05) is 30.4 Å². The summed E-state index contributed by atoms with van der Waals surface area (Å²) in [5, 5.41) is 7.69. The summed E-state index contributed by atoms with van der Waals surface area (Å²) in [4.78, 5) is 39.6. The highest BCUT2D eigenvalue weighted by Crippen LogP contribution is 2.17. The van der Waals surface area contributed by atoms with E-state index in [1.807, 2.05) is 11.4 Å². The van der Waals surface area contributed by atoms with Gasteiger partial charge in [0.1, 0.15) is 6.26 Å². The van der Waals surface area contributed by atoms with Gasteiger partial charge in [0.2, 0.25) is 0 Å². The van der Waals surface area contributed by atoms with Gasteiger partial charge in [-0.1, -0.05) is 12.1 Å². The van der Waals surface area contributed by atoms with Gasteiger partial charge in [-0.2, -0.15) is 0 Å². The zero-order chi connectivity index (χ0) is 20.9. The van der Waals surface area contributed by atoms with E-state index in [1.54, 1.807) is 41.3 Å². The molecule has 8 heteroatoms. The third-order valence-electron chi connectivity index (χ3n) is 5.01. The van der Waals surface area contributed by atoms with Gasteiger partial charge in [0.25, 0.3) is 17.7 Å². The number of amides is 3. The molecule has 1 fully saturated rings. The first kappa shape index (κ1) is 19.9. The van der Waals surface area contributed by atoms with Crippen molar-refractivity contribution in [1.82, 2.24) is 10.2 Å². The Labute approximate surface area is 177 Å². The van der Waals surface area contributed by atoms with Crippen molar-refractivity contribution in [2.24, 2.45) is 0 Å². The molecule has 0 atom stereocenters. The van der Waals surface area contributed by atoms with Crippen molar-refractivity contribution in [1.29, 1.82) is 0 Å². The molecule has 1 aromatic carbocycles. The highest BCUT2D eigenvalue weighted by molar-refractivity contribution is 7.12. The number of piperidine rings is 1. The van der Waals surface area contributed by atoms with Crippen LogP contribution in [0.4, 0.5) is 5.69 Å². The molecule has 154 valence electrons. The molecule has 1 saturated heterocycles. The lowest BCUT2D eigenvalue weighted by molar-refractivity contribution is 0.0697. The largest absolute Gasteiger partial charge is 0.472 e. The van der Waals surface area contributed by atoms with Gasteiger partial charge in [-0.05, 0) is 48.6 Å². The first-order valence-electron chi connectivity index (χ1n) is 9.67. The van der Waals surface area contributed by atoms with E-state index in [4.69, 9.17) is 4.42 Å². The number of nitrogens with one attached hydrogen (secondary N) is 2. The maximum absolute atomic E-state index is 12.7. The number of likely N-dealkylation sites (tertiary alicyclic amines) is 1. The standard InChI is InChI=1S/C22H21N3O4S/c26-20(15-3-1-4-18(13-15)24-21(27)19-5-2-12-30-19)23-17-6-9-25(10-7-17)22(28)16-8-11-29-14-16/h1-5,8,11-14,17H,6-7,9-10H2,(H,23,26)(H,24,27). The number of hydrogen-bond acceptors (Lipinski definition) is 5. The fourth-order valence-corrected chi connectivity index (χ4v) is 4.02. The molecule has 0 radical (unpaired) electrons. The van der Waals surface area contributed by atoms with Crippen LogP contribution in [-0.2, 0) is 0 Å². The van der Waals surface area contributed by atoms with Crippen LogP contribution in [0.15, 0.2) is 64.8 Å². The highest BCUT2D eigenvalue weighted by atomic mass is 32.1. The summed E-state index contributed by atoms with van der Waals surface area (Å²) in [6.07, 6.45) is 4.30. The smallest absolute Gasteiger partial charge is 0.265 e. The Bertz CT molecular complexity index is 1020. The number of carbonyl (C=O) groups is 3. The third kappa shape index (κ3) is 4.60. The summed E-state index contributed by atoms with van der Waals surface area (Å²) in [7, 11) is 0. The molecule has 7 nitrogen and oxygen atoms in total. The van der Waals surface area contributed by atoms with Crippen molar-refractivity contribution in [2.45, 2.75) is 18.9 Å². The molecule has 2 N–H and O–H groups in total. The molecule has 0 aliphatic carbocycles. The van der Waals surface area contributed by atoms with Crippen molar-refractivity contribution in [3.8, 4) is 0 Å². The van der Waals surface area contributed by atoms with Crippen LogP contribution >= 0.6 is 11.3 Å². The number of hydrogen-bond donors (Lipinski definition) is 2. The van der Waals surface area contributed by atoms with Crippen LogP contribution in [0.5, 0.6) is 0 Å². The highest BCUT2D eigenvalue weighted by Gasteiger charge is 2.25. The summed E-state index contributed by atoms with van der Waals surface area (Å²) >= 11 is 1.36. The van der Waals surface area contributed by atoms with Crippen LogP contribution in [0.3, 0.4) is 0 Å². The monoisotopic (exact) mass is 423 g/mol. The van der Waals surface area contributed by atoms with Crippen molar-refractivity contribution >= 4 is 34.7 Å². The maximum Gasteiger partial charge on any atom is 0.265 e. The van der Waals surface area contributed by atoms with Crippen molar-refractivity contribution in [2.75, 3.05) is 18.4 Å². The molecule has 30 heavy (non-hydrogen) atoms. The lowest BCUT2D eigenvalue weighted by atomic mass is 10.0.